The molecule has 2 radical (unpaired) electrons. The molecule has 0 aliphatic rings. The van der Waals surface area contributed by atoms with E-state index < -0.39 is 40.7 Å². The van der Waals surface area contributed by atoms with Crippen LogP contribution in [0.3, 0.4) is 0 Å². The average Bonchev–Trinajstić information content (AvgIpc) is 2.30. The van der Waals surface area contributed by atoms with E-state index in [1.54, 1.807) is 0 Å². The molecular formula is C8H15N3O10Si. The summed E-state index contributed by atoms with van der Waals surface area (Å²) < 4.78 is 5.20. The van der Waals surface area contributed by atoms with Crippen molar-refractivity contribution in [3.05, 3.63) is 30.3 Å². The quantitative estimate of drug-likeness (QED) is 0.287. The Morgan fingerprint density at radius 1 is 0.909 bits per heavy atom. The van der Waals surface area contributed by atoms with Crippen LogP contribution in [0.4, 0.5) is 0 Å². The third-order valence-corrected chi connectivity index (χ3v) is 2.75. The van der Waals surface area contributed by atoms with Gasteiger partial charge < -0.3 is 18.9 Å². The third-order valence-electron chi connectivity index (χ3n) is 1.83. The standard InChI is InChI=1S/C8H15N3O10Si/c1-8(2,3)22-19-5-7(21-11(16)17)6(20-10(14)15)4-18-9(12)13/h6-7H,4-5H2,1-3H3/t6-,7-/m0/s1. The van der Waals surface area contributed by atoms with Crippen molar-refractivity contribution in [1.82, 2.24) is 0 Å². The molecule has 0 spiro atoms. The summed E-state index contributed by atoms with van der Waals surface area (Å²) in [5.74, 6) is 0. The average molecular weight is 341 g/mol. The Labute approximate surface area is 126 Å². The lowest BCUT2D eigenvalue weighted by Gasteiger charge is -2.24. The van der Waals surface area contributed by atoms with E-state index in [9.17, 15) is 30.3 Å². The van der Waals surface area contributed by atoms with E-state index in [0.717, 1.165) is 0 Å². The molecule has 0 amide bonds. The van der Waals surface area contributed by atoms with E-state index in [0.29, 0.717) is 0 Å². The minimum Gasteiger partial charge on any atom is -0.415 e. The van der Waals surface area contributed by atoms with Crippen molar-refractivity contribution in [1.29, 1.82) is 0 Å². The fourth-order valence-corrected chi connectivity index (χ4v) is 1.79. The zero-order valence-electron chi connectivity index (χ0n) is 12.0. The first-order valence-corrected chi connectivity index (χ1v) is 6.70. The first-order valence-electron chi connectivity index (χ1n) is 5.80. The Morgan fingerprint density at radius 3 is 1.73 bits per heavy atom. The van der Waals surface area contributed by atoms with Crippen LogP contribution < -0.4 is 0 Å². The molecule has 0 fully saturated rings. The lowest BCUT2D eigenvalue weighted by atomic mass is 10.2. The largest absolute Gasteiger partial charge is 0.415 e. The Morgan fingerprint density at radius 2 is 1.36 bits per heavy atom. The SMILES string of the molecule is CC(C)(C)[Si]OC[C@H](O[N+](=O)[O-])[C@H](CO[N+](=O)[O-])O[N+](=O)[O-]. The number of nitrogens with zero attached hydrogens (tertiary/aromatic N) is 3. The molecule has 126 valence electrons. The summed E-state index contributed by atoms with van der Waals surface area (Å²) in [7, 11) is -0.0857. The Balaban J connectivity index is 4.82. The first-order chi connectivity index (χ1) is 10.0. The summed E-state index contributed by atoms with van der Waals surface area (Å²) in [5, 5.41) is 27.0. The number of hydrogen-bond donors (Lipinski definition) is 0. The van der Waals surface area contributed by atoms with Crippen molar-refractivity contribution in [2.75, 3.05) is 13.2 Å². The van der Waals surface area contributed by atoms with Crippen LogP contribution in [0.2, 0.25) is 5.04 Å². The first kappa shape index (κ1) is 19.8. The van der Waals surface area contributed by atoms with Gasteiger partial charge in [0.2, 0.25) is 9.76 Å². The zero-order valence-corrected chi connectivity index (χ0v) is 13.0. The highest BCUT2D eigenvalue weighted by atomic mass is 28.2. The van der Waals surface area contributed by atoms with Crippen LogP contribution in [0.1, 0.15) is 20.8 Å². The second-order valence-corrected chi connectivity index (χ2v) is 6.91. The molecule has 0 aliphatic heterocycles. The van der Waals surface area contributed by atoms with Crippen LogP contribution in [-0.4, -0.2) is 50.4 Å². The van der Waals surface area contributed by atoms with Gasteiger partial charge in [0.15, 0.2) is 12.2 Å². The van der Waals surface area contributed by atoms with Gasteiger partial charge in [-0.25, -0.2) is 0 Å². The Kier molecular flexibility index (Phi) is 8.03. The molecule has 0 bridgehead atoms. The van der Waals surface area contributed by atoms with Crippen LogP contribution in [0, 0.1) is 30.3 Å². The van der Waals surface area contributed by atoms with Crippen LogP contribution in [0.25, 0.3) is 0 Å². The normalized spacial score (nSPS) is 13.8. The maximum Gasteiger partial charge on any atom is 0.294 e. The molecule has 0 heterocycles. The molecule has 14 heteroatoms. The van der Waals surface area contributed by atoms with Crippen molar-refractivity contribution < 1.29 is 34.2 Å². The van der Waals surface area contributed by atoms with Crippen LogP contribution in [-0.2, 0) is 18.9 Å². The molecule has 13 nitrogen and oxygen atoms in total. The summed E-state index contributed by atoms with van der Waals surface area (Å²) in [4.78, 5) is 43.2. The molecule has 22 heavy (non-hydrogen) atoms. The smallest absolute Gasteiger partial charge is 0.294 e. The van der Waals surface area contributed by atoms with Gasteiger partial charge in [0.1, 0.15) is 6.61 Å². The molecule has 2 atom stereocenters. The second-order valence-electron chi connectivity index (χ2n) is 4.92. The molecule has 0 aliphatic carbocycles. The summed E-state index contributed by atoms with van der Waals surface area (Å²) in [6.45, 7) is 4.17. The highest BCUT2D eigenvalue weighted by Crippen LogP contribution is 2.20. The molecule has 0 saturated heterocycles. The van der Waals surface area contributed by atoms with E-state index in [2.05, 4.69) is 14.5 Å². The lowest BCUT2D eigenvalue weighted by Crippen LogP contribution is -2.42. The van der Waals surface area contributed by atoms with Crippen molar-refractivity contribution in [3.63, 3.8) is 0 Å². The molecule has 0 aromatic heterocycles. The second kappa shape index (κ2) is 8.93. The topological polar surface area (TPSA) is 166 Å². The van der Waals surface area contributed by atoms with E-state index in [-0.39, 0.29) is 14.8 Å². The Hall–Kier alpha value is -2.22. The monoisotopic (exact) mass is 341 g/mol. The summed E-state index contributed by atoms with van der Waals surface area (Å²) >= 11 is 0. The highest BCUT2D eigenvalue weighted by Gasteiger charge is 2.31. The van der Waals surface area contributed by atoms with E-state index in [1.807, 2.05) is 20.8 Å². The van der Waals surface area contributed by atoms with Crippen LogP contribution in [0.5, 0.6) is 0 Å². The predicted octanol–water partition coefficient (Wildman–Crippen LogP) is 0.203. The van der Waals surface area contributed by atoms with Gasteiger partial charge in [0.05, 0.1) is 6.61 Å². The van der Waals surface area contributed by atoms with Gasteiger partial charge in [-0.15, -0.1) is 30.3 Å². The molecule has 0 saturated carbocycles. The number of hydrogen-bond acceptors (Lipinski definition) is 10. The molecular weight excluding hydrogens is 326 g/mol. The molecule has 0 unspecified atom stereocenters. The minimum atomic E-state index is -1.70. The summed E-state index contributed by atoms with van der Waals surface area (Å²) in [6.07, 6.45) is -3.26. The van der Waals surface area contributed by atoms with E-state index in [1.165, 1.54) is 0 Å². The highest BCUT2D eigenvalue weighted by molar-refractivity contribution is 6.31. The van der Waals surface area contributed by atoms with E-state index in [4.69, 9.17) is 4.43 Å². The molecule has 0 rings (SSSR count). The molecule has 0 aromatic carbocycles. The summed E-state index contributed by atoms with van der Waals surface area (Å²) in [5.41, 5.74) is 0. The van der Waals surface area contributed by atoms with Gasteiger partial charge in [0.25, 0.3) is 15.3 Å². The van der Waals surface area contributed by atoms with Gasteiger partial charge in [0, 0.05) is 0 Å². The van der Waals surface area contributed by atoms with Gasteiger partial charge in [-0.2, -0.15) is 0 Å². The maximum atomic E-state index is 10.4. The van der Waals surface area contributed by atoms with Crippen molar-refractivity contribution in [2.24, 2.45) is 0 Å². The zero-order chi connectivity index (χ0) is 17.3. The van der Waals surface area contributed by atoms with Crippen molar-refractivity contribution >= 4 is 9.76 Å². The predicted molar refractivity (Wildman–Crippen MR) is 68.1 cm³/mol. The van der Waals surface area contributed by atoms with E-state index >= 15 is 0 Å². The molecule has 0 N–H and O–H groups in total. The van der Waals surface area contributed by atoms with Crippen molar-refractivity contribution in [3.8, 4) is 0 Å². The fraction of sp³-hybridized carbons (Fsp3) is 1.00. The van der Waals surface area contributed by atoms with Gasteiger partial charge >= 0.3 is 0 Å². The lowest BCUT2D eigenvalue weighted by molar-refractivity contribution is -0.810. The van der Waals surface area contributed by atoms with Crippen molar-refractivity contribution in [2.45, 2.75) is 38.0 Å². The van der Waals surface area contributed by atoms with Gasteiger partial charge in [-0.05, 0) is 5.04 Å². The summed E-state index contributed by atoms with van der Waals surface area (Å²) in [6, 6.07) is 0. The maximum absolute atomic E-state index is 10.4. The fourth-order valence-electron chi connectivity index (χ4n) is 1.11. The van der Waals surface area contributed by atoms with Crippen LogP contribution >= 0.6 is 0 Å². The third kappa shape index (κ3) is 10.6. The number of rotatable bonds is 11. The van der Waals surface area contributed by atoms with Crippen LogP contribution in [0.15, 0.2) is 0 Å². The van der Waals surface area contributed by atoms with Gasteiger partial charge in [-0.1, -0.05) is 20.8 Å². The molecule has 0 aromatic rings. The minimum absolute atomic E-state index is 0.0857. The Bertz CT molecular complexity index is 400. The van der Waals surface area contributed by atoms with Gasteiger partial charge in [-0.3, -0.25) is 0 Å².